The quantitative estimate of drug-likeness (QED) is 0.648. The van der Waals surface area contributed by atoms with E-state index in [0.717, 1.165) is 23.0 Å². The molecule has 0 spiro atoms. The summed E-state index contributed by atoms with van der Waals surface area (Å²) in [4.78, 5) is 0. The van der Waals surface area contributed by atoms with E-state index in [-0.39, 0.29) is 0 Å². The van der Waals surface area contributed by atoms with Crippen molar-refractivity contribution in [2.45, 2.75) is 0 Å². The summed E-state index contributed by atoms with van der Waals surface area (Å²) in [6, 6.07) is 14.4. The molecule has 0 aliphatic heterocycles. The second kappa shape index (κ2) is 3.85. The molecule has 3 aromatic rings. The van der Waals surface area contributed by atoms with Crippen LogP contribution in [0.5, 0.6) is 0 Å². The number of aromatic nitrogens is 2. The van der Waals surface area contributed by atoms with E-state index in [1.165, 1.54) is 10.8 Å². The van der Waals surface area contributed by atoms with Crippen LogP contribution in [0.3, 0.4) is 0 Å². The van der Waals surface area contributed by atoms with Crippen LogP contribution in [0.4, 0.5) is 0 Å². The molecule has 4 heteroatoms. The van der Waals surface area contributed by atoms with Crippen LogP contribution in [-0.2, 0) is 0 Å². The van der Waals surface area contributed by atoms with Crippen LogP contribution in [0.15, 0.2) is 42.5 Å². The summed E-state index contributed by atoms with van der Waals surface area (Å²) in [5, 5.41) is 2.87. The van der Waals surface area contributed by atoms with Crippen molar-refractivity contribution < 1.29 is 0 Å². The molecule has 0 aliphatic rings. The summed E-state index contributed by atoms with van der Waals surface area (Å²) in [6.45, 7) is 0. The van der Waals surface area contributed by atoms with Crippen molar-refractivity contribution in [1.82, 2.24) is 8.75 Å². The van der Waals surface area contributed by atoms with Crippen molar-refractivity contribution in [2.24, 2.45) is 0 Å². The maximum atomic E-state index is 5.96. The lowest BCUT2D eigenvalue weighted by Crippen LogP contribution is -1.79. The molecule has 1 heterocycles. The summed E-state index contributed by atoms with van der Waals surface area (Å²) in [6.07, 6.45) is 0. The van der Waals surface area contributed by atoms with E-state index in [4.69, 9.17) is 11.6 Å². The van der Waals surface area contributed by atoms with E-state index in [1.807, 2.05) is 18.2 Å². The highest BCUT2D eigenvalue weighted by Gasteiger charge is 2.08. The first-order valence-electron chi connectivity index (χ1n) is 4.82. The van der Waals surface area contributed by atoms with Gasteiger partial charge in [-0.1, -0.05) is 48.0 Å². The molecule has 3 rings (SSSR count). The zero-order chi connectivity index (χ0) is 11.0. The van der Waals surface area contributed by atoms with Crippen LogP contribution < -0.4 is 0 Å². The van der Waals surface area contributed by atoms with Crippen LogP contribution in [0.25, 0.3) is 22.0 Å². The Bertz CT molecular complexity index is 648. The molecule has 2 aromatic carbocycles. The predicted molar refractivity (Wildman–Crippen MR) is 67.9 cm³/mol. The van der Waals surface area contributed by atoms with E-state index >= 15 is 0 Å². The molecule has 0 atom stereocenters. The van der Waals surface area contributed by atoms with Gasteiger partial charge in [-0.05, 0) is 16.8 Å². The fraction of sp³-hybridized carbons (Fsp3) is 0. The minimum absolute atomic E-state index is 0.472. The van der Waals surface area contributed by atoms with Gasteiger partial charge in [-0.2, -0.15) is 8.75 Å². The number of hydrogen-bond acceptors (Lipinski definition) is 3. The van der Waals surface area contributed by atoms with Gasteiger partial charge < -0.3 is 0 Å². The van der Waals surface area contributed by atoms with Crippen molar-refractivity contribution >= 4 is 34.1 Å². The van der Waals surface area contributed by atoms with E-state index < -0.39 is 0 Å². The number of rotatable bonds is 1. The van der Waals surface area contributed by atoms with Gasteiger partial charge in [0.1, 0.15) is 5.69 Å². The highest BCUT2D eigenvalue weighted by atomic mass is 35.5. The third-order valence-electron chi connectivity index (χ3n) is 2.47. The second-order valence-corrected chi connectivity index (χ2v) is 4.35. The van der Waals surface area contributed by atoms with Gasteiger partial charge in [0.15, 0.2) is 5.15 Å². The summed E-state index contributed by atoms with van der Waals surface area (Å²) < 4.78 is 8.16. The molecule has 0 fully saturated rings. The van der Waals surface area contributed by atoms with Crippen LogP contribution in [0.2, 0.25) is 5.15 Å². The van der Waals surface area contributed by atoms with Gasteiger partial charge in [0.25, 0.3) is 0 Å². The van der Waals surface area contributed by atoms with Crippen LogP contribution in [0.1, 0.15) is 0 Å². The minimum Gasteiger partial charge on any atom is -0.171 e. The van der Waals surface area contributed by atoms with Gasteiger partial charge >= 0.3 is 0 Å². The monoisotopic (exact) mass is 246 g/mol. The molecule has 0 radical (unpaired) electrons. The summed E-state index contributed by atoms with van der Waals surface area (Å²) >= 11 is 7.10. The second-order valence-electron chi connectivity index (χ2n) is 3.47. The van der Waals surface area contributed by atoms with Gasteiger partial charge in [0, 0.05) is 5.56 Å². The number of benzene rings is 2. The molecule has 2 nitrogen and oxygen atoms in total. The topological polar surface area (TPSA) is 25.8 Å². The summed E-state index contributed by atoms with van der Waals surface area (Å²) in [5.74, 6) is 0. The normalized spacial score (nSPS) is 10.8. The Kier molecular flexibility index (Phi) is 2.35. The largest absolute Gasteiger partial charge is 0.171 e. The van der Waals surface area contributed by atoms with Gasteiger partial charge in [-0.3, -0.25) is 0 Å². The van der Waals surface area contributed by atoms with E-state index in [2.05, 4.69) is 33.0 Å². The Labute approximate surface area is 102 Å². The maximum Gasteiger partial charge on any atom is 0.170 e. The molecule has 0 aliphatic carbocycles. The zero-order valence-corrected chi connectivity index (χ0v) is 9.79. The first kappa shape index (κ1) is 9.75. The Morgan fingerprint density at radius 1 is 0.938 bits per heavy atom. The zero-order valence-electron chi connectivity index (χ0n) is 8.22. The van der Waals surface area contributed by atoms with Gasteiger partial charge in [0.2, 0.25) is 0 Å². The Balaban J connectivity index is 2.23. The minimum atomic E-state index is 0.472. The average Bonchev–Trinajstić information content (AvgIpc) is 2.75. The maximum absolute atomic E-state index is 5.96. The molecule has 78 valence electrons. The molecular formula is C12H7ClN2S. The molecule has 0 bridgehead atoms. The molecule has 0 N–H and O–H groups in total. The summed E-state index contributed by atoms with van der Waals surface area (Å²) in [5.41, 5.74) is 1.77. The van der Waals surface area contributed by atoms with Crippen molar-refractivity contribution in [3.8, 4) is 11.3 Å². The highest BCUT2D eigenvalue weighted by molar-refractivity contribution is 6.99. The average molecular weight is 247 g/mol. The van der Waals surface area contributed by atoms with E-state index in [0.29, 0.717) is 5.15 Å². The Morgan fingerprint density at radius 3 is 2.50 bits per heavy atom. The lowest BCUT2D eigenvalue weighted by Gasteiger charge is -2.00. The SMILES string of the molecule is Clc1nsnc1-c1ccc2ccccc2c1. The van der Waals surface area contributed by atoms with Gasteiger partial charge in [0.05, 0.1) is 11.7 Å². The Morgan fingerprint density at radius 2 is 1.75 bits per heavy atom. The fourth-order valence-electron chi connectivity index (χ4n) is 1.69. The van der Waals surface area contributed by atoms with Crippen LogP contribution >= 0.6 is 23.3 Å². The molecule has 16 heavy (non-hydrogen) atoms. The molecule has 1 aromatic heterocycles. The van der Waals surface area contributed by atoms with Gasteiger partial charge in [-0.15, -0.1) is 0 Å². The molecule has 0 saturated heterocycles. The molecule has 0 amide bonds. The first-order chi connectivity index (χ1) is 7.84. The highest BCUT2D eigenvalue weighted by Crippen LogP contribution is 2.28. The van der Waals surface area contributed by atoms with Crippen molar-refractivity contribution in [1.29, 1.82) is 0 Å². The Hall–Kier alpha value is -1.45. The third kappa shape index (κ3) is 1.58. The van der Waals surface area contributed by atoms with Crippen LogP contribution in [-0.4, -0.2) is 8.75 Å². The van der Waals surface area contributed by atoms with E-state index in [9.17, 15) is 0 Å². The van der Waals surface area contributed by atoms with Gasteiger partial charge in [-0.25, -0.2) is 0 Å². The fourth-order valence-corrected chi connectivity index (χ4v) is 2.45. The predicted octanol–water partition coefficient (Wildman–Crippen LogP) is 4.01. The smallest absolute Gasteiger partial charge is 0.170 e. The number of hydrogen-bond donors (Lipinski definition) is 0. The first-order valence-corrected chi connectivity index (χ1v) is 5.92. The third-order valence-corrected chi connectivity index (χ3v) is 3.36. The van der Waals surface area contributed by atoms with Crippen molar-refractivity contribution in [2.75, 3.05) is 0 Å². The molecular weight excluding hydrogens is 240 g/mol. The number of fused-ring (bicyclic) bond motifs is 1. The lowest BCUT2D eigenvalue weighted by atomic mass is 10.1. The standard InChI is InChI=1S/C12H7ClN2S/c13-12-11(14-16-15-12)10-6-5-8-3-1-2-4-9(8)7-10/h1-7H. The number of nitrogens with zero attached hydrogens (tertiary/aromatic N) is 2. The molecule has 0 saturated carbocycles. The van der Waals surface area contributed by atoms with Crippen molar-refractivity contribution in [3.63, 3.8) is 0 Å². The molecule has 0 unspecified atom stereocenters. The number of halogens is 1. The van der Waals surface area contributed by atoms with E-state index in [1.54, 1.807) is 0 Å². The summed E-state index contributed by atoms with van der Waals surface area (Å²) in [7, 11) is 0. The van der Waals surface area contributed by atoms with Crippen molar-refractivity contribution in [3.05, 3.63) is 47.6 Å². The lowest BCUT2D eigenvalue weighted by molar-refractivity contribution is 1.50. The van der Waals surface area contributed by atoms with Crippen LogP contribution in [0, 0.1) is 0 Å².